The summed E-state index contributed by atoms with van der Waals surface area (Å²) in [5, 5.41) is 18.2. The van der Waals surface area contributed by atoms with Gasteiger partial charge in [0.1, 0.15) is 11.5 Å². The maximum Gasteiger partial charge on any atom is 0.488 e. The first-order valence-corrected chi connectivity index (χ1v) is 7.67. The van der Waals surface area contributed by atoms with Gasteiger partial charge in [-0.15, -0.1) is 0 Å². The first-order chi connectivity index (χ1) is 11.1. The highest BCUT2D eigenvalue weighted by molar-refractivity contribution is 6.58. The summed E-state index contributed by atoms with van der Waals surface area (Å²) in [7, 11) is -1.44. The molecule has 2 rings (SSSR count). The third kappa shape index (κ3) is 5.16. The normalized spacial score (nSPS) is 10.8. The van der Waals surface area contributed by atoms with Crippen LogP contribution in [0.1, 0.15) is 25.0 Å². The molecule has 4 nitrogen and oxygen atoms in total. The van der Waals surface area contributed by atoms with Crippen molar-refractivity contribution >= 4 is 24.7 Å². The standard InChI is InChI=1S/C18H21BO4/c1-3-22-17-11-15(12-18(13-17)23-4-2)6-5-14-7-9-16(10-8-14)19(20)21/h5-13,20-21H,3-4H2,1-2H3. The summed E-state index contributed by atoms with van der Waals surface area (Å²) in [6.45, 7) is 5.09. The van der Waals surface area contributed by atoms with Gasteiger partial charge in [0, 0.05) is 6.07 Å². The average Bonchev–Trinajstić information content (AvgIpc) is 2.54. The second kappa shape index (κ2) is 8.41. The van der Waals surface area contributed by atoms with Crippen LogP contribution in [0.3, 0.4) is 0 Å². The highest BCUT2D eigenvalue weighted by Crippen LogP contribution is 2.24. The van der Waals surface area contributed by atoms with Crippen LogP contribution in [-0.4, -0.2) is 30.4 Å². The van der Waals surface area contributed by atoms with Gasteiger partial charge in [-0.25, -0.2) is 0 Å². The second-order valence-electron chi connectivity index (χ2n) is 4.98. The molecule has 0 atom stereocenters. The van der Waals surface area contributed by atoms with Gasteiger partial charge in [0.15, 0.2) is 0 Å². The van der Waals surface area contributed by atoms with Crippen LogP contribution in [0, 0.1) is 0 Å². The molecular formula is C18H21BO4. The molecule has 0 aliphatic heterocycles. The fourth-order valence-corrected chi connectivity index (χ4v) is 2.16. The molecule has 0 heterocycles. The van der Waals surface area contributed by atoms with Gasteiger partial charge in [-0.05, 0) is 42.6 Å². The molecular weight excluding hydrogens is 291 g/mol. The lowest BCUT2D eigenvalue weighted by Crippen LogP contribution is -2.29. The van der Waals surface area contributed by atoms with Crippen molar-refractivity contribution in [3.63, 3.8) is 0 Å². The van der Waals surface area contributed by atoms with Crippen LogP contribution in [0.25, 0.3) is 12.2 Å². The number of ether oxygens (including phenoxy) is 2. The fraction of sp³-hybridized carbons (Fsp3) is 0.222. The Morgan fingerprint density at radius 2 is 1.35 bits per heavy atom. The van der Waals surface area contributed by atoms with Crippen LogP contribution in [0.2, 0.25) is 0 Å². The molecule has 0 aromatic heterocycles. The Hall–Kier alpha value is -2.24. The monoisotopic (exact) mass is 312 g/mol. The van der Waals surface area contributed by atoms with Crippen molar-refractivity contribution in [1.29, 1.82) is 0 Å². The lowest BCUT2D eigenvalue weighted by Gasteiger charge is -2.09. The van der Waals surface area contributed by atoms with Gasteiger partial charge in [-0.3, -0.25) is 0 Å². The number of hydrogen-bond acceptors (Lipinski definition) is 4. The number of rotatable bonds is 7. The molecule has 0 saturated heterocycles. The van der Waals surface area contributed by atoms with E-state index in [2.05, 4.69) is 0 Å². The van der Waals surface area contributed by atoms with Crippen LogP contribution in [0.4, 0.5) is 0 Å². The van der Waals surface area contributed by atoms with Crippen LogP contribution in [-0.2, 0) is 0 Å². The van der Waals surface area contributed by atoms with E-state index in [4.69, 9.17) is 19.5 Å². The fourth-order valence-electron chi connectivity index (χ4n) is 2.16. The predicted molar refractivity (Wildman–Crippen MR) is 94.0 cm³/mol. The van der Waals surface area contributed by atoms with E-state index < -0.39 is 7.12 Å². The lowest BCUT2D eigenvalue weighted by atomic mass is 9.80. The zero-order chi connectivity index (χ0) is 16.7. The van der Waals surface area contributed by atoms with Crippen LogP contribution >= 0.6 is 0 Å². The second-order valence-corrected chi connectivity index (χ2v) is 4.98. The topological polar surface area (TPSA) is 58.9 Å². The molecule has 2 aromatic carbocycles. The molecule has 5 heteroatoms. The van der Waals surface area contributed by atoms with Crippen molar-refractivity contribution in [2.75, 3.05) is 13.2 Å². The first kappa shape index (κ1) is 17.1. The van der Waals surface area contributed by atoms with Crippen LogP contribution < -0.4 is 14.9 Å². The van der Waals surface area contributed by atoms with Gasteiger partial charge in [0.25, 0.3) is 0 Å². The van der Waals surface area contributed by atoms with Gasteiger partial charge < -0.3 is 19.5 Å². The largest absolute Gasteiger partial charge is 0.494 e. The molecule has 0 saturated carbocycles. The van der Waals surface area contributed by atoms with E-state index >= 15 is 0 Å². The molecule has 0 aliphatic carbocycles. The SMILES string of the molecule is CCOc1cc(C=Cc2ccc(B(O)O)cc2)cc(OCC)c1. The van der Waals surface area contributed by atoms with Crippen molar-refractivity contribution in [2.24, 2.45) is 0 Å². The van der Waals surface area contributed by atoms with E-state index in [9.17, 15) is 0 Å². The summed E-state index contributed by atoms with van der Waals surface area (Å²) in [5.41, 5.74) is 2.42. The predicted octanol–water partition coefficient (Wildman–Crippen LogP) is 2.33. The van der Waals surface area contributed by atoms with Gasteiger partial charge in [0.05, 0.1) is 13.2 Å². The maximum atomic E-state index is 9.09. The van der Waals surface area contributed by atoms with Crippen molar-refractivity contribution in [1.82, 2.24) is 0 Å². The summed E-state index contributed by atoms with van der Waals surface area (Å²) in [4.78, 5) is 0. The van der Waals surface area contributed by atoms with E-state index in [-0.39, 0.29) is 0 Å². The Balaban J connectivity index is 2.19. The van der Waals surface area contributed by atoms with Crippen molar-refractivity contribution in [3.8, 4) is 11.5 Å². The first-order valence-electron chi connectivity index (χ1n) is 7.67. The summed E-state index contributed by atoms with van der Waals surface area (Å²) < 4.78 is 11.1. The smallest absolute Gasteiger partial charge is 0.488 e. The van der Waals surface area contributed by atoms with Crippen molar-refractivity contribution in [2.45, 2.75) is 13.8 Å². The maximum absolute atomic E-state index is 9.09. The minimum atomic E-state index is -1.44. The number of benzene rings is 2. The highest BCUT2D eigenvalue weighted by Gasteiger charge is 2.09. The molecule has 2 N–H and O–H groups in total. The molecule has 0 bridgehead atoms. The third-order valence-electron chi connectivity index (χ3n) is 3.23. The Morgan fingerprint density at radius 3 is 1.83 bits per heavy atom. The minimum Gasteiger partial charge on any atom is -0.494 e. The zero-order valence-corrected chi connectivity index (χ0v) is 13.4. The Morgan fingerprint density at radius 1 is 0.826 bits per heavy atom. The van der Waals surface area contributed by atoms with Gasteiger partial charge in [-0.2, -0.15) is 0 Å². The Bertz CT molecular complexity index is 626. The highest BCUT2D eigenvalue weighted by atomic mass is 16.5. The lowest BCUT2D eigenvalue weighted by molar-refractivity contribution is 0.323. The third-order valence-corrected chi connectivity index (χ3v) is 3.23. The molecule has 0 radical (unpaired) electrons. The molecule has 0 unspecified atom stereocenters. The summed E-state index contributed by atoms with van der Waals surface area (Å²) in [5.74, 6) is 1.55. The Labute approximate surface area is 137 Å². The summed E-state index contributed by atoms with van der Waals surface area (Å²) >= 11 is 0. The van der Waals surface area contributed by atoms with Gasteiger partial charge >= 0.3 is 7.12 Å². The average molecular weight is 312 g/mol. The van der Waals surface area contributed by atoms with E-state index in [1.807, 2.05) is 56.3 Å². The zero-order valence-electron chi connectivity index (χ0n) is 13.4. The summed E-state index contributed by atoms with van der Waals surface area (Å²) in [6, 6.07) is 12.8. The van der Waals surface area contributed by atoms with E-state index in [1.54, 1.807) is 12.1 Å². The van der Waals surface area contributed by atoms with Crippen LogP contribution in [0.15, 0.2) is 42.5 Å². The van der Waals surface area contributed by atoms with E-state index in [0.717, 1.165) is 22.6 Å². The van der Waals surface area contributed by atoms with Gasteiger partial charge in [-0.1, -0.05) is 36.4 Å². The molecule has 120 valence electrons. The molecule has 0 amide bonds. The van der Waals surface area contributed by atoms with Crippen molar-refractivity contribution in [3.05, 3.63) is 53.6 Å². The molecule has 23 heavy (non-hydrogen) atoms. The molecule has 0 fully saturated rings. The Kier molecular flexibility index (Phi) is 6.26. The molecule has 2 aromatic rings. The quantitative estimate of drug-likeness (QED) is 0.608. The van der Waals surface area contributed by atoms with E-state index in [1.165, 1.54) is 0 Å². The summed E-state index contributed by atoms with van der Waals surface area (Å²) in [6.07, 6.45) is 3.92. The van der Waals surface area contributed by atoms with Crippen LogP contribution in [0.5, 0.6) is 11.5 Å². The van der Waals surface area contributed by atoms with Gasteiger partial charge in [0.2, 0.25) is 0 Å². The molecule has 0 aliphatic rings. The van der Waals surface area contributed by atoms with E-state index in [0.29, 0.717) is 18.7 Å². The molecule has 0 spiro atoms. The number of hydrogen-bond donors (Lipinski definition) is 2. The van der Waals surface area contributed by atoms with Crippen molar-refractivity contribution < 1.29 is 19.5 Å². The minimum absolute atomic E-state index is 0.471.